The first-order chi connectivity index (χ1) is 10.5. The number of fused-ring (bicyclic) bond motifs is 1. The molecule has 1 aliphatic heterocycles. The number of para-hydroxylation sites is 1. The van der Waals surface area contributed by atoms with Gasteiger partial charge in [0.1, 0.15) is 11.3 Å². The van der Waals surface area contributed by atoms with Crippen LogP contribution in [0.5, 0.6) is 5.75 Å². The van der Waals surface area contributed by atoms with Crippen LogP contribution in [0.3, 0.4) is 0 Å². The number of hydrogen-bond donors (Lipinski definition) is 1. The van der Waals surface area contributed by atoms with Gasteiger partial charge in [0.15, 0.2) is 6.67 Å². The summed E-state index contributed by atoms with van der Waals surface area (Å²) in [6.07, 6.45) is -10.1. The first kappa shape index (κ1) is 17.1. The van der Waals surface area contributed by atoms with E-state index >= 15 is 0 Å². The smallest absolute Gasteiger partial charge is 0.461 e. The predicted molar refractivity (Wildman–Crippen MR) is 63.5 cm³/mol. The maximum absolute atomic E-state index is 13.4. The van der Waals surface area contributed by atoms with Crippen molar-refractivity contribution in [2.75, 3.05) is 6.67 Å². The molecule has 0 saturated carbocycles. The summed E-state index contributed by atoms with van der Waals surface area (Å²) in [5.74, 6) is -7.08. The Balaban J connectivity index is 2.68. The Morgan fingerprint density at radius 3 is 2.35 bits per heavy atom. The number of rotatable bonds is 4. The van der Waals surface area contributed by atoms with Gasteiger partial charge in [0.2, 0.25) is 0 Å². The maximum atomic E-state index is 13.4. The summed E-state index contributed by atoms with van der Waals surface area (Å²) in [5.41, 5.74) is -1.73. The molecule has 0 amide bonds. The van der Waals surface area contributed by atoms with Gasteiger partial charge in [-0.15, -0.1) is 0 Å². The quantitative estimate of drug-likeness (QED) is 0.853. The summed E-state index contributed by atoms with van der Waals surface area (Å²) in [4.78, 5) is 11.1. The van der Waals surface area contributed by atoms with Crippen molar-refractivity contribution in [3.8, 4) is 5.75 Å². The Morgan fingerprint density at radius 1 is 1.22 bits per heavy atom. The zero-order chi connectivity index (χ0) is 17.5. The zero-order valence-corrected chi connectivity index (χ0v) is 11.0. The van der Waals surface area contributed by atoms with Gasteiger partial charge in [-0.3, -0.25) is 4.74 Å². The summed E-state index contributed by atoms with van der Waals surface area (Å²) >= 11 is 0. The summed E-state index contributed by atoms with van der Waals surface area (Å²) in [5, 5.41) is 8.97. The second-order valence-electron chi connectivity index (χ2n) is 4.49. The van der Waals surface area contributed by atoms with Crippen molar-refractivity contribution >= 4 is 12.0 Å². The van der Waals surface area contributed by atoms with Gasteiger partial charge in [-0.05, 0) is 12.1 Å². The molecule has 0 bridgehead atoms. The van der Waals surface area contributed by atoms with Crippen molar-refractivity contribution < 1.29 is 45.7 Å². The summed E-state index contributed by atoms with van der Waals surface area (Å²) in [6, 6.07) is 4.83. The second kappa shape index (κ2) is 5.44. The highest BCUT2D eigenvalue weighted by Crippen LogP contribution is 2.48. The molecule has 2 rings (SSSR count). The molecule has 0 saturated heterocycles. The minimum Gasteiger partial charge on any atom is -0.478 e. The SMILES string of the molecule is O=C(O)C1=Cc2ccccc2OC1(OC(F)(F)CF)C(F)(F)F. The Labute approximate surface area is 124 Å². The molecule has 1 aromatic rings. The van der Waals surface area contributed by atoms with Crippen LogP contribution in [0, 0.1) is 0 Å². The zero-order valence-electron chi connectivity index (χ0n) is 11.0. The molecule has 1 aliphatic rings. The normalized spacial score (nSPS) is 21.2. The van der Waals surface area contributed by atoms with E-state index in [1.807, 2.05) is 0 Å². The number of carboxylic acids is 1. The van der Waals surface area contributed by atoms with Crippen molar-refractivity contribution in [3.05, 3.63) is 35.4 Å². The number of alkyl halides is 6. The number of hydrogen-bond acceptors (Lipinski definition) is 3. The molecule has 1 heterocycles. The number of aliphatic carboxylic acids is 1. The third-order valence-corrected chi connectivity index (χ3v) is 2.88. The molecule has 1 atom stereocenters. The first-order valence-corrected chi connectivity index (χ1v) is 5.96. The fraction of sp³-hybridized carbons (Fsp3) is 0.308. The van der Waals surface area contributed by atoms with E-state index in [1.54, 1.807) is 0 Å². The van der Waals surface area contributed by atoms with Crippen LogP contribution >= 0.6 is 0 Å². The lowest BCUT2D eigenvalue weighted by molar-refractivity contribution is -0.411. The van der Waals surface area contributed by atoms with E-state index in [4.69, 9.17) is 5.11 Å². The second-order valence-corrected chi connectivity index (χ2v) is 4.49. The molecule has 0 aromatic heterocycles. The Bertz CT molecular complexity index is 654. The topological polar surface area (TPSA) is 55.8 Å². The Kier molecular flexibility index (Phi) is 4.05. The van der Waals surface area contributed by atoms with Crippen LogP contribution in [0.4, 0.5) is 26.3 Å². The van der Waals surface area contributed by atoms with Crippen LogP contribution in [0.1, 0.15) is 5.56 Å². The highest BCUT2D eigenvalue weighted by atomic mass is 19.4. The minimum absolute atomic E-state index is 0.0862. The van der Waals surface area contributed by atoms with Gasteiger partial charge in [-0.25, -0.2) is 9.18 Å². The molecule has 1 aromatic carbocycles. The molecule has 4 nitrogen and oxygen atoms in total. The molecular weight excluding hydrogens is 334 g/mol. The van der Waals surface area contributed by atoms with Crippen molar-refractivity contribution in [2.45, 2.75) is 18.1 Å². The summed E-state index contributed by atoms with van der Waals surface area (Å²) < 4.78 is 86.5. The fourth-order valence-corrected chi connectivity index (χ4v) is 1.94. The van der Waals surface area contributed by atoms with Crippen LogP contribution < -0.4 is 4.74 Å². The third kappa shape index (κ3) is 2.98. The standard InChI is InChI=1S/C13H8F6O4/c14-6-11(15,16)23-12(13(17,18)19)8(10(20)21)5-7-3-1-2-4-9(7)22-12/h1-5H,6H2,(H,20,21). The molecule has 126 valence electrons. The molecule has 1 N–H and O–H groups in total. The van der Waals surface area contributed by atoms with E-state index in [2.05, 4.69) is 9.47 Å². The van der Waals surface area contributed by atoms with E-state index in [0.717, 1.165) is 6.07 Å². The number of benzene rings is 1. The van der Waals surface area contributed by atoms with Crippen molar-refractivity contribution in [1.29, 1.82) is 0 Å². The molecule has 23 heavy (non-hydrogen) atoms. The lowest BCUT2D eigenvalue weighted by Gasteiger charge is -2.39. The van der Waals surface area contributed by atoms with Crippen molar-refractivity contribution in [3.63, 3.8) is 0 Å². The van der Waals surface area contributed by atoms with E-state index in [-0.39, 0.29) is 5.56 Å². The average Bonchev–Trinajstić information content (AvgIpc) is 2.44. The lowest BCUT2D eigenvalue weighted by atomic mass is 9.97. The molecule has 0 fully saturated rings. The lowest BCUT2D eigenvalue weighted by Crippen LogP contribution is -2.59. The third-order valence-electron chi connectivity index (χ3n) is 2.88. The number of carboxylic acid groups (broad SMARTS) is 1. The molecule has 10 heteroatoms. The largest absolute Gasteiger partial charge is 0.478 e. The van der Waals surface area contributed by atoms with Crippen molar-refractivity contribution in [1.82, 2.24) is 0 Å². The van der Waals surface area contributed by atoms with Gasteiger partial charge in [-0.1, -0.05) is 18.2 Å². The maximum Gasteiger partial charge on any atom is 0.461 e. The molecule has 1 unspecified atom stereocenters. The van der Waals surface area contributed by atoms with Crippen LogP contribution in [0.25, 0.3) is 6.08 Å². The van der Waals surface area contributed by atoms with E-state index in [1.165, 1.54) is 18.2 Å². The molecule has 0 spiro atoms. The Hall–Kier alpha value is -2.23. The number of ether oxygens (including phenoxy) is 2. The minimum atomic E-state index is -5.72. The Morgan fingerprint density at radius 2 is 1.83 bits per heavy atom. The van der Waals surface area contributed by atoms with Crippen LogP contribution in [-0.2, 0) is 9.53 Å². The van der Waals surface area contributed by atoms with E-state index < -0.39 is 42.0 Å². The molecular formula is C13H8F6O4. The van der Waals surface area contributed by atoms with Crippen LogP contribution in [0.2, 0.25) is 0 Å². The van der Waals surface area contributed by atoms with Crippen LogP contribution in [0.15, 0.2) is 29.8 Å². The average molecular weight is 342 g/mol. The molecule has 0 radical (unpaired) electrons. The van der Waals surface area contributed by atoms with Gasteiger partial charge in [0.25, 0.3) is 0 Å². The monoisotopic (exact) mass is 342 g/mol. The number of carbonyl (C=O) groups is 1. The van der Waals surface area contributed by atoms with Gasteiger partial charge in [0, 0.05) is 5.56 Å². The van der Waals surface area contributed by atoms with Gasteiger partial charge in [-0.2, -0.15) is 22.0 Å². The van der Waals surface area contributed by atoms with Gasteiger partial charge >= 0.3 is 24.0 Å². The van der Waals surface area contributed by atoms with E-state index in [9.17, 15) is 31.1 Å². The summed E-state index contributed by atoms with van der Waals surface area (Å²) in [6.45, 7) is -2.59. The van der Waals surface area contributed by atoms with Gasteiger partial charge < -0.3 is 9.84 Å². The first-order valence-electron chi connectivity index (χ1n) is 5.96. The van der Waals surface area contributed by atoms with E-state index in [0.29, 0.717) is 6.08 Å². The highest BCUT2D eigenvalue weighted by Gasteiger charge is 2.68. The molecule has 0 aliphatic carbocycles. The van der Waals surface area contributed by atoms with Crippen LogP contribution in [-0.4, -0.2) is 35.8 Å². The number of halogens is 6. The van der Waals surface area contributed by atoms with Crippen molar-refractivity contribution in [2.24, 2.45) is 0 Å². The van der Waals surface area contributed by atoms with Gasteiger partial charge in [0.05, 0.1) is 0 Å². The fourth-order valence-electron chi connectivity index (χ4n) is 1.94. The summed E-state index contributed by atoms with van der Waals surface area (Å²) in [7, 11) is 0. The predicted octanol–water partition coefficient (Wildman–Crippen LogP) is 3.38. The highest BCUT2D eigenvalue weighted by molar-refractivity contribution is 5.95.